The van der Waals surface area contributed by atoms with Gasteiger partial charge in [0.05, 0.1) is 24.4 Å². The zero-order valence-electron chi connectivity index (χ0n) is 16.3. The fourth-order valence-corrected chi connectivity index (χ4v) is 4.31. The van der Waals surface area contributed by atoms with Crippen LogP contribution >= 0.6 is 0 Å². The predicted octanol–water partition coefficient (Wildman–Crippen LogP) is 3.19. The second kappa shape index (κ2) is 8.45. The van der Waals surface area contributed by atoms with E-state index in [9.17, 15) is 5.11 Å². The Kier molecular flexibility index (Phi) is 7.09. The van der Waals surface area contributed by atoms with Gasteiger partial charge in [0.25, 0.3) is 0 Å². The third kappa shape index (κ3) is 3.80. The molecular formula is C19H36O5. The normalized spacial score (nSPS) is 50.0. The highest BCUT2D eigenvalue weighted by Crippen LogP contribution is 2.38. The van der Waals surface area contributed by atoms with E-state index in [1.807, 2.05) is 6.92 Å². The highest BCUT2D eigenvalue weighted by molar-refractivity contribution is 4.89. The van der Waals surface area contributed by atoms with Crippen LogP contribution in [0.15, 0.2) is 0 Å². The fraction of sp³-hybridized carbons (Fsp3) is 1.00. The summed E-state index contributed by atoms with van der Waals surface area (Å²) in [4.78, 5) is 0. The van der Waals surface area contributed by atoms with Crippen LogP contribution in [0.1, 0.15) is 54.4 Å². The van der Waals surface area contributed by atoms with Crippen molar-refractivity contribution in [2.24, 2.45) is 23.7 Å². The van der Waals surface area contributed by atoms with Gasteiger partial charge in [0.2, 0.25) is 0 Å². The molecule has 0 saturated carbocycles. The average Bonchev–Trinajstić information content (AvgIpc) is 2.58. The average molecular weight is 344 g/mol. The van der Waals surface area contributed by atoms with E-state index in [1.165, 1.54) is 0 Å². The maximum atomic E-state index is 10.6. The van der Waals surface area contributed by atoms with Gasteiger partial charge in [-0.2, -0.15) is 0 Å². The number of rotatable bonds is 5. The highest BCUT2D eigenvalue weighted by Gasteiger charge is 2.46. The first-order chi connectivity index (χ1) is 11.3. The molecule has 1 N–H and O–H groups in total. The molecule has 0 aliphatic carbocycles. The lowest BCUT2D eigenvalue weighted by atomic mass is 9.83. The van der Waals surface area contributed by atoms with Crippen LogP contribution < -0.4 is 0 Å². The second-order valence-electron chi connectivity index (χ2n) is 7.67. The summed E-state index contributed by atoms with van der Waals surface area (Å²) in [6.45, 7) is 12.6. The third-order valence-corrected chi connectivity index (χ3v) is 6.09. The Morgan fingerprint density at radius 3 is 1.88 bits per heavy atom. The van der Waals surface area contributed by atoms with Gasteiger partial charge in [0.1, 0.15) is 0 Å². The van der Waals surface area contributed by atoms with Crippen LogP contribution in [0, 0.1) is 23.7 Å². The SMILES string of the molecule is CCC1O[C@H](O[C@@H]2C(C)[C@@H](OC)OC(CC)[C@H]2C)C(C)[C@@H](O)[C@@H]1C. The molecule has 0 spiro atoms. The lowest BCUT2D eigenvalue weighted by Gasteiger charge is -2.48. The lowest BCUT2D eigenvalue weighted by Crippen LogP contribution is -2.55. The van der Waals surface area contributed by atoms with Crippen LogP contribution in [0.4, 0.5) is 0 Å². The smallest absolute Gasteiger partial charge is 0.163 e. The molecule has 10 atom stereocenters. The van der Waals surface area contributed by atoms with E-state index >= 15 is 0 Å². The Morgan fingerprint density at radius 2 is 1.33 bits per heavy atom. The van der Waals surface area contributed by atoms with Crippen molar-refractivity contribution in [3.63, 3.8) is 0 Å². The van der Waals surface area contributed by atoms with Crippen LogP contribution in [-0.2, 0) is 18.9 Å². The molecule has 0 aromatic rings. The molecule has 5 nitrogen and oxygen atoms in total. The zero-order chi connectivity index (χ0) is 18.0. The Morgan fingerprint density at radius 1 is 0.792 bits per heavy atom. The van der Waals surface area contributed by atoms with Gasteiger partial charge in [0, 0.05) is 30.8 Å². The summed E-state index contributed by atoms with van der Waals surface area (Å²) in [6, 6.07) is 0. The summed E-state index contributed by atoms with van der Waals surface area (Å²) in [5.41, 5.74) is 0. The highest BCUT2D eigenvalue weighted by atomic mass is 16.7. The molecule has 5 heteroatoms. The first-order valence-electron chi connectivity index (χ1n) is 9.52. The Balaban J connectivity index is 2.14. The van der Waals surface area contributed by atoms with Crippen molar-refractivity contribution in [2.45, 2.75) is 91.4 Å². The van der Waals surface area contributed by atoms with Crippen LogP contribution in [0.25, 0.3) is 0 Å². The molecule has 142 valence electrons. The molecule has 4 unspecified atom stereocenters. The van der Waals surface area contributed by atoms with E-state index in [0.717, 1.165) is 12.8 Å². The topological polar surface area (TPSA) is 57.2 Å². The molecule has 2 heterocycles. The number of aliphatic hydroxyl groups excluding tert-OH is 1. The maximum absolute atomic E-state index is 10.6. The second-order valence-corrected chi connectivity index (χ2v) is 7.67. The van der Waals surface area contributed by atoms with E-state index < -0.39 is 6.10 Å². The van der Waals surface area contributed by atoms with Gasteiger partial charge in [-0.3, -0.25) is 0 Å². The largest absolute Gasteiger partial charge is 0.392 e. The van der Waals surface area contributed by atoms with Crippen LogP contribution in [0.5, 0.6) is 0 Å². The third-order valence-electron chi connectivity index (χ3n) is 6.09. The van der Waals surface area contributed by atoms with Crippen LogP contribution in [0.2, 0.25) is 0 Å². The number of methoxy groups -OCH3 is 1. The summed E-state index contributed by atoms with van der Waals surface area (Å²) in [5.74, 6) is 0.444. The van der Waals surface area contributed by atoms with Gasteiger partial charge in [-0.25, -0.2) is 0 Å². The van der Waals surface area contributed by atoms with E-state index in [0.29, 0.717) is 0 Å². The first-order valence-corrected chi connectivity index (χ1v) is 9.52. The fourth-order valence-electron chi connectivity index (χ4n) is 4.31. The van der Waals surface area contributed by atoms with Crippen molar-refractivity contribution >= 4 is 0 Å². The molecule has 0 radical (unpaired) electrons. The van der Waals surface area contributed by atoms with E-state index in [-0.39, 0.29) is 54.6 Å². The standard InChI is InChI=1S/C19H36O5/c1-8-14-10(3)16(20)12(5)19(23-14)24-17-11(4)15(9-2)22-18(21-7)13(17)6/h10-20H,8-9H2,1-7H3/t10-,11-,12?,13?,14?,15?,16+,17+,18+,19-/m1/s1. The monoisotopic (exact) mass is 344 g/mol. The molecule has 2 aliphatic heterocycles. The van der Waals surface area contributed by atoms with Crippen molar-refractivity contribution in [1.29, 1.82) is 0 Å². The number of ether oxygens (including phenoxy) is 4. The van der Waals surface area contributed by atoms with Gasteiger partial charge < -0.3 is 24.1 Å². The molecule has 2 rings (SSSR count). The zero-order valence-corrected chi connectivity index (χ0v) is 16.3. The molecule has 0 amide bonds. The van der Waals surface area contributed by atoms with Crippen molar-refractivity contribution in [1.82, 2.24) is 0 Å². The summed E-state index contributed by atoms with van der Waals surface area (Å²) in [6.07, 6.45) is 0.879. The van der Waals surface area contributed by atoms with Crippen molar-refractivity contribution in [3.05, 3.63) is 0 Å². The Labute approximate surface area is 147 Å². The predicted molar refractivity (Wildman–Crippen MR) is 92.4 cm³/mol. The van der Waals surface area contributed by atoms with Gasteiger partial charge >= 0.3 is 0 Å². The number of hydrogen-bond donors (Lipinski definition) is 1. The molecule has 0 bridgehead atoms. The molecule has 2 saturated heterocycles. The quantitative estimate of drug-likeness (QED) is 0.830. The van der Waals surface area contributed by atoms with Crippen LogP contribution in [-0.4, -0.2) is 49.2 Å². The molecule has 0 aromatic heterocycles. The number of hydrogen-bond acceptors (Lipinski definition) is 5. The van der Waals surface area contributed by atoms with E-state index in [2.05, 4.69) is 34.6 Å². The van der Waals surface area contributed by atoms with E-state index in [1.54, 1.807) is 7.11 Å². The minimum Gasteiger partial charge on any atom is -0.392 e. The van der Waals surface area contributed by atoms with Gasteiger partial charge in [-0.1, -0.05) is 41.5 Å². The van der Waals surface area contributed by atoms with Gasteiger partial charge in [-0.15, -0.1) is 0 Å². The summed E-state index contributed by atoms with van der Waals surface area (Å²) >= 11 is 0. The van der Waals surface area contributed by atoms with Gasteiger partial charge in [-0.05, 0) is 12.8 Å². The van der Waals surface area contributed by atoms with Crippen LogP contribution in [0.3, 0.4) is 0 Å². The molecular weight excluding hydrogens is 308 g/mol. The molecule has 0 aromatic carbocycles. The van der Waals surface area contributed by atoms with Gasteiger partial charge in [0.15, 0.2) is 12.6 Å². The minimum atomic E-state index is -0.403. The number of aliphatic hydroxyl groups is 1. The molecule has 2 fully saturated rings. The van der Waals surface area contributed by atoms with Crippen molar-refractivity contribution in [2.75, 3.05) is 7.11 Å². The van der Waals surface area contributed by atoms with Crippen molar-refractivity contribution in [3.8, 4) is 0 Å². The first kappa shape index (κ1) is 20.1. The maximum Gasteiger partial charge on any atom is 0.163 e. The minimum absolute atomic E-state index is 0.0146. The molecule has 2 aliphatic rings. The molecule has 24 heavy (non-hydrogen) atoms. The Hall–Kier alpha value is -0.200. The lowest BCUT2D eigenvalue weighted by molar-refractivity contribution is -0.323. The summed E-state index contributed by atoms with van der Waals surface area (Å²) < 4.78 is 24.2. The van der Waals surface area contributed by atoms with E-state index in [4.69, 9.17) is 18.9 Å². The van der Waals surface area contributed by atoms with Crippen molar-refractivity contribution < 1.29 is 24.1 Å². The summed E-state index contributed by atoms with van der Waals surface area (Å²) in [5, 5.41) is 10.6. The summed E-state index contributed by atoms with van der Waals surface area (Å²) in [7, 11) is 1.68. The Bertz CT molecular complexity index is 372.